The van der Waals surface area contributed by atoms with Crippen LogP contribution >= 0.6 is 31.9 Å². The largest absolute Gasteiger partial charge is 0.506 e. The van der Waals surface area contributed by atoms with E-state index in [1.807, 2.05) is 37.3 Å². The number of phenols is 1. The molecule has 3 nitrogen and oxygen atoms in total. The summed E-state index contributed by atoms with van der Waals surface area (Å²) in [5.74, 6) is 0.109. The monoisotopic (exact) mass is 442 g/mol. The molecule has 0 unspecified atom stereocenters. The number of nitrogens with zero attached hydrogens (tertiary/aromatic N) is 2. The van der Waals surface area contributed by atoms with Gasteiger partial charge in [-0.25, -0.2) is 0 Å². The van der Waals surface area contributed by atoms with Crippen molar-refractivity contribution in [2.24, 2.45) is 4.99 Å². The minimum atomic E-state index is 0.109. The quantitative estimate of drug-likeness (QED) is 0.493. The number of phenolic OH excluding ortho intramolecular Hbond substituents is 1. The number of aliphatic imine (C=N–C) groups is 1. The zero-order valence-electron chi connectivity index (χ0n) is 12.7. The van der Waals surface area contributed by atoms with Crippen molar-refractivity contribution in [3.05, 3.63) is 68.1 Å². The summed E-state index contributed by atoms with van der Waals surface area (Å²) in [6, 6.07) is 15.6. The fraction of sp³-hybridized carbons (Fsp3) is 0.0526. The summed E-state index contributed by atoms with van der Waals surface area (Å²) >= 11 is 6.71. The first-order chi connectivity index (χ1) is 11.5. The Morgan fingerprint density at radius 2 is 1.92 bits per heavy atom. The van der Waals surface area contributed by atoms with E-state index in [0.29, 0.717) is 21.3 Å². The van der Waals surface area contributed by atoms with Gasteiger partial charge in [-0.1, -0.05) is 40.2 Å². The van der Waals surface area contributed by atoms with Crippen molar-refractivity contribution in [1.82, 2.24) is 0 Å². The molecule has 0 saturated heterocycles. The van der Waals surface area contributed by atoms with Crippen LogP contribution in [0, 0.1) is 18.3 Å². The Kier molecular flexibility index (Phi) is 4.70. The summed E-state index contributed by atoms with van der Waals surface area (Å²) in [7, 11) is 0. The SMILES string of the molecule is Cc1cc2ccccc2c(N=Cc2cc(Br)cc(Br)c2O)c1C#N. The number of aromatic hydroxyl groups is 1. The molecule has 0 bridgehead atoms. The van der Waals surface area contributed by atoms with Crippen LogP contribution in [-0.4, -0.2) is 11.3 Å². The lowest BCUT2D eigenvalue weighted by atomic mass is 10.00. The van der Waals surface area contributed by atoms with Crippen molar-refractivity contribution in [3.63, 3.8) is 0 Å². The third-order valence-corrected chi connectivity index (χ3v) is 4.78. The molecule has 0 aliphatic carbocycles. The second-order valence-corrected chi connectivity index (χ2v) is 7.10. The van der Waals surface area contributed by atoms with Crippen molar-refractivity contribution in [2.75, 3.05) is 0 Å². The Bertz CT molecular complexity index is 1020. The van der Waals surface area contributed by atoms with Crippen molar-refractivity contribution in [3.8, 4) is 11.8 Å². The number of benzene rings is 3. The van der Waals surface area contributed by atoms with Crippen LogP contribution in [0.4, 0.5) is 5.69 Å². The Labute approximate surface area is 156 Å². The number of nitriles is 1. The second-order valence-electron chi connectivity index (χ2n) is 5.33. The first kappa shape index (κ1) is 16.7. The van der Waals surface area contributed by atoms with Gasteiger partial charge in [-0.05, 0) is 52.0 Å². The van der Waals surface area contributed by atoms with Gasteiger partial charge in [-0.2, -0.15) is 5.26 Å². The van der Waals surface area contributed by atoms with Gasteiger partial charge in [0.2, 0.25) is 0 Å². The fourth-order valence-electron chi connectivity index (χ4n) is 2.56. The van der Waals surface area contributed by atoms with E-state index in [9.17, 15) is 10.4 Å². The summed E-state index contributed by atoms with van der Waals surface area (Å²) in [4.78, 5) is 4.53. The molecule has 118 valence electrons. The van der Waals surface area contributed by atoms with Gasteiger partial charge < -0.3 is 5.11 Å². The zero-order valence-corrected chi connectivity index (χ0v) is 15.9. The maximum atomic E-state index is 10.2. The van der Waals surface area contributed by atoms with E-state index in [0.717, 1.165) is 20.8 Å². The van der Waals surface area contributed by atoms with Crippen molar-refractivity contribution >= 4 is 54.5 Å². The molecule has 0 aliphatic rings. The molecule has 0 aliphatic heterocycles. The highest BCUT2D eigenvalue weighted by Crippen LogP contribution is 2.34. The van der Waals surface area contributed by atoms with Crippen molar-refractivity contribution in [1.29, 1.82) is 5.26 Å². The Morgan fingerprint density at radius 3 is 2.67 bits per heavy atom. The number of hydrogen-bond donors (Lipinski definition) is 1. The number of halogens is 2. The lowest BCUT2D eigenvalue weighted by Gasteiger charge is -2.08. The van der Waals surface area contributed by atoms with Crippen molar-refractivity contribution < 1.29 is 5.11 Å². The van der Waals surface area contributed by atoms with Crippen LogP contribution in [0.1, 0.15) is 16.7 Å². The molecule has 1 N–H and O–H groups in total. The predicted molar refractivity (Wildman–Crippen MR) is 104 cm³/mol. The van der Waals surface area contributed by atoms with Crippen LogP contribution in [0.15, 0.2) is 56.4 Å². The standard InChI is InChI=1S/C19H12Br2N2O/c1-11-6-12-4-2-3-5-15(12)18(16(11)9-22)23-10-13-7-14(20)8-17(21)19(13)24/h2-8,10,24H,1H3. The predicted octanol–water partition coefficient (Wildman–Crippen LogP) is 6.00. The molecule has 5 heteroatoms. The molecule has 3 rings (SSSR count). The molecule has 0 aromatic heterocycles. The lowest BCUT2D eigenvalue weighted by molar-refractivity contribution is 0.471. The highest BCUT2D eigenvalue weighted by molar-refractivity contribution is 9.11. The van der Waals surface area contributed by atoms with Crippen LogP contribution in [0.5, 0.6) is 5.75 Å². The van der Waals surface area contributed by atoms with E-state index in [1.165, 1.54) is 0 Å². The first-order valence-corrected chi connectivity index (χ1v) is 8.74. The number of fused-ring (bicyclic) bond motifs is 1. The summed E-state index contributed by atoms with van der Waals surface area (Å²) in [6.07, 6.45) is 1.58. The van der Waals surface area contributed by atoms with Gasteiger partial charge in [0, 0.05) is 21.6 Å². The lowest BCUT2D eigenvalue weighted by Crippen LogP contribution is -1.89. The molecule has 0 amide bonds. The minimum absolute atomic E-state index is 0.109. The highest BCUT2D eigenvalue weighted by atomic mass is 79.9. The van der Waals surface area contributed by atoms with E-state index in [4.69, 9.17) is 0 Å². The van der Waals surface area contributed by atoms with Gasteiger partial charge in [-0.3, -0.25) is 4.99 Å². The molecular weight excluding hydrogens is 432 g/mol. The van der Waals surface area contributed by atoms with Crippen LogP contribution in [0.2, 0.25) is 0 Å². The molecular formula is C19H12Br2N2O. The molecule has 0 saturated carbocycles. The molecule has 24 heavy (non-hydrogen) atoms. The van der Waals surface area contributed by atoms with E-state index in [2.05, 4.69) is 42.9 Å². The molecule has 0 fully saturated rings. The van der Waals surface area contributed by atoms with Crippen LogP contribution < -0.4 is 0 Å². The first-order valence-electron chi connectivity index (χ1n) is 7.16. The van der Waals surface area contributed by atoms with Gasteiger partial charge in [0.15, 0.2) is 0 Å². The van der Waals surface area contributed by atoms with Crippen molar-refractivity contribution in [2.45, 2.75) is 6.92 Å². The van der Waals surface area contributed by atoms with E-state index in [1.54, 1.807) is 18.3 Å². The smallest absolute Gasteiger partial charge is 0.138 e. The average Bonchev–Trinajstić information content (AvgIpc) is 2.56. The van der Waals surface area contributed by atoms with Gasteiger partial charge in [-0.15, -0.1) is 0 Å². The second kappa shape index (κ2) is 6.76. The van der Waals surface area contributed by atoms with Crippen LogP contribution in [0.25, 0.3) is 10.8 Å². The summed E-state index contributed by atoms with van der Waals surface area (Å²) < 4.78 is 1.40. The molecule has 0 spiro atoms. The maximum Gasteiger partial charge on any atom is 0.138 e. The third-order valence-electron chi connectivity index (χ3n) is 3.72. The molecule has 0 radical (unpaired) electrons. The Morgan fingerprint density at radius 1 is 1.17 bits per heavy atom. The third kappa shape index (κ3) is 3.08. The zero-order chi connectivity index (χ0) is 17.3. The average molecular weight is 444 g/mol. The van der Waals surface area contributed by atoms with Gasteiger partial charge in [0.1, 0.15) is 11.8 Å². The maximum absolute atomic E-state index is 10.2. The molecule has 3 aromatic carbocycles. The fourth-order valence-corrected chi connectivity index (χ4v) is 3.82. The normalized spacial score (nSPS) is 11.1. The summed E-state index contributed by atoms with van der Waals surface area (Å²) in [5.41, 5.74) is 2.59. The van der Waals surface area contributed by atoms with Gasteiger partial charge in [0.05, 0.1) is 15.7 Å². The topological polar surface area (TPSA) is 56.4 Å². The summed E-state index contributed by atoms with van der Waals surface area (Å²) in [5, 5.41) is 21.6. The minimum Gasteiger partial charge on any atom is -0.506 e. The van der Waals surface area contributed by atoms with E-state index in [-0.39, 0.29) is 5.75 Å². The number of aryl methyl sites for hydroxylation is 1. The summed E-state index contributed by atoms with van der Waals surface area (Å²) in [6.45, 7) is 1.90. The molecule has 3 aromatic rings. The highest BCUT2D eigenvalue weighted by Gasteiger charge is 2.11. The molecule has 0 heterocycles. The number of rotatable bonds is 2. The van der Waals surface area contributed by atoms with E-state index >= 15 is 0 Å². The Hall–Kier alpha value is -2.16. The Balaban J connectivity index is 2.22. The van der Waals surface area contributed by atoms with E-state index < -0.39 is 0 Å². The van der Waals surface area contributed by atoms with Gasteiger partial charge in [0.25, 0.3) is 0 Å². The van der Waals surface area contributed by atoms with Gasteiger partial charge >= 0.3 is 0 Å². The van der Waals surface area contributed by atoms with Crippen LogP contribution in [-0.2, 0) is 0 Å². The van der Waals surface area contributed by atoms with Crippen LogP contribution in [0.3, 0.4) is 0 Å². The number of hydrogen-bond acceptors (Lipinski definition) is 3. The molecule has 0 atom stereocenters.